The van der Waals surface area contributed by atoms with E-state index >= 15 is 0 Å². The van der Waals surface area contributed by atoms with Crippen molar-refractivity contribution < 1.29 is 9.53 Å². The molecular weight excluding hydrogens is 280 g/mol. The fourth-order valence-corrected chi connectivity index (χ4v) is 3.50. The molecular formula is C16H26N4O2. The van der Waals surface area contributed by atoms with Gasteiger partial charge in [-0.3, -0.25) is 9.48 Å². The van der Waals surface area contributed by atoms with E-state index in [4.69, 9.17) is 4.74 Å². The quantitative estimate of drug-likeness (QED) is 0.911. The fraction of sp³-hybridized carbons (Fsp3) is 0.750. The van der Waals surface area contributed by atoms with E-state index < -0.39 is 0 Å². The van der Waals surface area contributed by atoms with Crippen LogP contribution in [0.4, 0.5) is 0 Å². The average molecular weight is 306 g/mol. The van der Waals surface area contributed by atoms with Crippen LogP contribution in [-0.2, 0) is 4.74 Å². The number of aromatic nitrogens is 2. The van der Waals surface area contributed by atoms with Gasteiger partial charge in [-0.15, -0.1) is 0 Å². The van der Waals surface area contributed by atoms with Crippen LogP contribution in [0, 0.1) is 5.92 Å². The van der Waals surface area contributed by atoms with Gasteiger partial charge in [0.25, 0.3) is 5.91 Å². The summed E-state index contributed by atoms with van der Waals surface area (Å²) in [7, 11) is 1.72. The zero-order valence-corrected chi connectivity index (χ0v) is 13.3. The lowest BCUT2D eigenvalue weighted by Crippen LogP contribution is -2.41. The number of methoxy groups -OCH3 is 1. The molecule has 1 N–H and O–H groups in total. The molecule has 0 spiro atoms. The second kappa shape index (κ2) is 7.24. The Morgan fingerprint density at radius 2 is 2.36 bits per heavy atom. The second-order valence-electron chi connectivity index (χ2n) is 6.40. The lowest BCUT2D eigenvalue weighted by Gasteiger charge is -2.32. The number of hydrogen-bond acceptors (Lipinski definition) is 4. The topological polar surface area (TPSA) is 59.4 Å². The Bertz CT molecular complexity index is 494. The van der Waals surface area contributed by atoms with E-state index in [-0.39, 0.29) is 5.91 Å². The summed E-state index contributed by atoms with van der Waals surface area (Å²) in [4.78, 5) is 14.6. The molecule has 2 atom stereocenters. The molecule has 0 unspecified atom stereocenters. The third kappa shape index (κ3) is 3.50. The van der Waals surface area contributed by atoms with Crippen molar-refractivity contribution in [3.05, 3.63) is 18.0 Å². The largest absolute Gasteiger partial charge is 0.384 e. The number of nitrogens with zero attached hydrogens (tertiary/aromatic N) is 3. The number of rotatable bonds is 4. The van der Waals surface area contributed by atoms with E-state index in [0.29, 0.717) is 17.7 Å². The van der Waals surface area contributed by atoms with E-state index in [2.05, 4.69) is 10.4 Å². The second-order valence-corrected chi connectivity index (χ2v) is 6.40. The monoisotopic (exact) mass is 306 g/mol. The highest BCUT2D eigenvalue weighted by Gasteiger charge is 2.26. The molecule has 6 heteroatoms. The van der Waals surface area contributed by atoms with Gasteiger partial charge in [0.15, 0.2) is 0 Å². The zero-order chi connectivity index (χ0) is 15.4. The van der Waals surface area contributed by atoms with E-state index in [1.54, 1.807) is 7.11 Å². The summed E-state index contributed by atoms with van der Waals surface area (Å²) in [5.41, 5.74) is 0.573. The third-order valence-electron chi connectivity index (χ3n) is 4.68. The van der Waals surface area contributed by atoms with Crippen molar-refractivity contribution in [3.8, 4) is 0 Å². The minimum absolute atomic E-state index is 0.0586. The van der Waals surface area contributed by atoms with Gasteiger partial charge in [0.05, 0.1) is 12.6 Å². The molecule has 2 fully saturated rings. The molecule has 2 aliphatic rings. The summed E-state index contributed by atoms with van der Waals surface area (Å²) in [6.07, 6.45) is 6.43. The molecule has 3 rings (SSSR count). The first-order chi connectivity index (χ1) is 10.8. The van der Waals surface area contributed by atoms with Crippen molar-refractivity contribution >= 4 is 5.91 Å². The first kappa shape index (κ1) is 15.5. The average Bonchev–Trinajstić information content (AvgIpc) is 3.05. The number of likely N-dealkylation sites (tertiary alicyclic amines) is 1. The van der Waals surface area contributed by atoms with Crippen LogP contribution in [0.3, 0.4) is 0 Å². The maximum Gasteiger partial charge on any atom is 0.274 e. The Labute approximate surface area is 131 Å². The number of piperidine rings is 2. The van der Waals surface area contributed by atoms with E-state index in [1.165, 1.54) is 6.42 Å². The van der Waals surface area contributed by atoms with Crippen molar-refractivity contribution in [2.45, 2.75) is 31.7 Å². The van der Waals surface area contributed by atoms with Crippen LogP contribution >= 0.6 is 0 Å². The van der Waals surface area contributed by atoms with Crippen LogP contribution < -0.4 is 5.32 Å². The molecule has 6 nitrogen and oxygen atoms in total. The van der Waals surface area contributed by atoms with E-state index in [9.17, 15) is 4.79 Å². The lowest BCUT2D eigenvalue weighted by molar-refractivity contribution is 0.0564. The number of ether oxygens (including phenoxy) is 1. The smallest absolute Gasteiger partial charge is 0.274 e. The van der Waals surface area contributed by atoms with Gasteiger partial charge in [-0.1, -0.05) is 0 Å². The van der Waals surface area contributed by atoms with Crippen molar-refractivity contribution in [2.75, 3.05) is 39.9 Å². The summed E-state index contributed by atoms with van der Waals surface area (Å²) >= 11 is 0. The van der Waals surface area contributed by atoms with Gasteiger partial charge in [-0.05, 0) is 44.2 Å². The number of amides is 1. The summed E-state index contributed by atoms with van der Waals surface area (Å²) in [6, 6.07) is 2.23. The van der Waals surface area contributed by atoms with Gasteiger partial charge in [0.2, 0.25) is 0 Å². The zero-order valence-electron chi connectivity index (χ0n) is 13.3. The Morgan fingerprint density at radius 1 is 1.45 bits per heavy atom. The van der Waals surface area contributed by atoms with Crippen molar-refractivity contribution in [2.24, 2.45) is 5.92 Å². The number of nitrogens with one attached hydrogen (secondary N) is 1. The predicted octanol–water partition coefficient (Wildman–Crippen LogP) is 1.31. The Hall–Kier alpha value is -1.40. The molecule has 1 aromatic rings. The van der Waals surface area contributed by atoms with Crippen LogP contribution in [0.5, 0.6) is 0 Å². The van der Waals surface area contributed by atoms with E-state index in [1.807, 2.05) is 21.8 Å². The highest BCUT2D eigenvalue weighted by atomic mass is 16.5. The summed E-state index contributed by atoms with van der Waals surface area (Å²) in [6.45, 7) is 4.36. The van der Waals surface area contributed by atoms with Gasteiger partial charge in [-0.25, -0.2) is 0 Å². The van der Waals surface area contributed by atoms with Crippen LogP contribution in [0.2, 0.25) is 0 Å². The standard InChI is InChI=1S/C16H26N4O2/c1-22-12-13-4-3-8-19(11-13)16(21)15-6-9-20(18-15)14-5-2-7-17-10-14/h6,9,13-14,17H,2-5,7-8,10-12H2,1H3/t13-,14-/m0/s1. The number of hydrogen-bond donors (Lipinski definition) is 1. The molecule has 0 saturated carbocycles. The van der Waals surface area contributed by atoms with Gasteiger partial charge in [-0.2, -0.15) is 5.10 Å². The normalized spacial score (nSPS) is 26.1. The van der Waals surface area contributed by atoms with Crippen molar-refractivity contribution in [1.82, 2.24) is 20.0 Å². The maximum atomic E-state index is 12.6. The third-order valence-corrected chi connectivity index (χ3v) is 4.68. The number of carbonyl (C=O) groups excluding carboxylic acids is 1. The van der Waals surface area contributed by atoms with Crippen LogP contribution in [0.25, 0.3) is 0 Å². The van der Waals surface area contributed by atoms with Crippen LogP contribution in [-0.4, -0.2) is 60.5 Å². The molecule has 0 aromatic carbocycles. The van der Waals surface area contributed by atoms with Gasteiger partial charge in [0.1, 0.15) is 5.69 Å². The summed E-state index contributed by atoms with van der Waals surface area (Å²) < 4.78 is 7.19. The summed E-state index contributed by atoms with van der Waals surface area (Å²) in [5.74, 6) is 0.510. The van der Waals surface area contributed by atoms with Crippen LogP contribution in [0.15, 0.2) is 12.3 Å². The Kier molecular flexibility index (Phi) is 5.10. The number of carbonyl (C=O) groups is 1. The van der Waals surface area contributed by atoms with Crippen LogP contribution in [0.1, 0.15) is 42.2 Å². The molecule has 1 amide bonds. The molecule has 2 aliphatic heterocycles. The first-order valence-electron chi connectivity index (χ1n) is 8.32. The predicted molar refractivity (Wildman–Crippen MR) is 83.9 cm³/mol. The molecule has 0 aliphatic carbocycles. The van der Waals surface area contributed by atoms with Gasteiger partial charge in [0, 0.05) is 32.9 Å². The molecule has 0 bridgehead atoms. The van der Waals surface area contributed by atoms with E-state index in [0.717, 1.165) is 52.0 Å². The molecule has 2 saturated heterocycles. The lowest BCUT2D eigenvalue weighted by atomic mass is 9.99. The fourth-order valence-electron chi connectivity index (χ4n) is 3.50. The first-order valence-corrected chi connectivity index (χ1v) is 8.32. The molecule has 1 aromatic heterocycles. The Balaban J connectivity index is 1.63. The van der Waals surface area contributed by atoms with Gasteiger partial charge >= 0.3 is 0 Å². The Morgan fingerprint density at radius 3 is 3.14 bits per heavy atom. The minimum atomic E-state index is 0.0586. The minimum Gasteiger partial charge on any atom is -0.384 e. The maximum absolute atomic E-state index is 12.6. The SMILES string of the molecule is COC[C@H]1CCCN(C(=O)c2ccn([C@H]3CCCNC3)n2)C1. The highest BCUT2D eigenvalue weighted by Crippen LogP contribution is 2.20. The summed E-state index contributed by atoms with van der Waals surface area (Å²) in [5, 5.41) is 7.92. The highest BCUT2D eigenvalue weighted by molar-refractivity contribution is 5.92. The van der Waals surface area contributed by atoms with Crippen molar-refractivity contribution in [1.29, 1.82) is 0 Å². The van der Waals surface area contributed by atoms with Gasteiger partial charge < -0.3 is 15.0 Å². The molecule has 122 valence electrons. The molecule has 0 radical (unpaired) electrons. The molecule has 3 heterocycles. The van der Waals surface area contributed by atoms with Crippen molar-refractivity contribution in [3.63, 3.8) is 0 Å². The molecule has 22 heavy (non-hydrogen) atoms.